The Bertz CT molecular complexity index is 904. The lowest BCUT2D eigenvalue weighted by Gasteiger charge is -2.32. The third kappa shape index (κ3) is 2.91. The maximum atomic E-state index is 12.9. The van der Waals surface area contributed by atoms with E-state index in [2.05, 4.69) is 5.32 Å². The third-order valence-electron chi connectivity index (χ3n) is 4.47. The van der Waals surface area contributed by atoms with Crippen LogP contribution in [0.15, 0.2) is 30.3 Å². The third-order valence-corrected chi connectivity index (χ3v) is 4.47. The van der Waals surface area contributed by atoms with Crippen molar-refractivity contribution in [2.24, 2.45) is 0 Å². The first-order valence-electron chi connectivity index (χ1n) is 8.08. The van der Waals surface area contributed by atoms with Gasteiger partial charge in [0.2, 0.25) is 12.3 Å². The standard InChI is InChI=1S/C19H18N2O4/c1-11-8-13-4-3-5-14-17(13)15(9-11)19(25)21(18(14)24)12(2)6-7-16(23)20-10-22/h3-5,8-10,12H,6-7H2,1-2H3,(H,20,22,23). The fourth-order valence-corrected chi connectivity index (χ4v) is 3.28. The van der Waals surface area contributed by atoms with E-state index in [1.54, 1.807) is 25.1 Å². The van der Waals surface area contributed by atoms with Gasteiger partial charge in [0, 0.05) is 29.0 Å². The molecule has 0 fully saturated rings. The summed E-state index contributed by atoms with van der Waals surface area (Å²) in [6.07, 6.45) is 0.667. The number of carbonyl (C=O) groups is 4. The van der Waals surface area contributed by atoms with Gasteiger partial charge in [-0.25, -0.2) is 0 Å². The average molecular weight is 338 g/mol. The average Bonchev–Trinajstić information content (AvgIpc) is 2.57. The van der Waals surface area contributed by atoms with Gasteiger partial charge in [0.15, 0.2) is 0 Å². The van der Waals surface area contributed by atoms with Crippen molar-refractivity contribution in [1.82, 2.24) is 10.2 Å². The predicted octanol–water partition coefficient (Wildman–Crippen LogP) is 2.19. The molecule has 6 heteroatoms. The van der Waals surface area contributed by atoms with Gasteiger partial charge in [-0.3, -0.25) is 29.4 Å². The molecule has 0 saturated carbocycles. The van der Waals surface area contributed by atoms with E-state index < -0.39 is 11.9 Å². The number of carbonyl (C=O) groups excluding carboxylic acids is 4. The number of rotatable bonds is 5. The Balaban J connectivity index is 1.96. The summed E-state index contributed by atoms with van der Waals surface area (Å²) in [5, 5.41) is 3.61. The second-order valence-corrected chi connectivity index (χ2v) is 6.27. The summed E-state index contributed by atoms with van der Waals surface area (Å²) in [5.74, 6) is -1.13. The molecular weight excluding hydrogens is 320 g/mol. The summed E-state index contributed by atoms with van der Waals surface area (Å²) in [4.78, 5) is 48.7. The Morgan fingerprint density at radius 2 is 1.92 bits per heavy atom. The molecule has 25 heavy (non-hydrogen) atoms. The van der Waals surface area contributed by atoms with E-state index in [9.17, 15) is 19.2 Å². The van der Waals surface area contributed by atoms with Crippen molar-refractivity contribution in [2.75, 3.05) is 0 Å². The molecule has 2 aromatic carbocycles. The van der Waals surface area contributed by atoms with Crippen LogP contribution in [0.4, 0.5) is 0 Å². The van der Waals surface area contributed by atoms with Gasteiger partial charge in [-0.2, -0.15) is 0 Å². The minimum atomic E-state index is -0.457. The molecule has 1 aliphatic heterocycles. The first kappa shape index (κ1) is 16.8. The van der Waals surface area contributed by atoms with Crippen molar-refractivity contribution in [3.63, 3.8) is 0 Å². The second-order valence-electron chi connectivity index (χ2n) is 6.27. The largest absolute Gasteiger partial charge is 0.299 e. The number of nitrogens with one attached hydrogen (secondary N) is 1. The molecule has 0 saturated heterocycles. The second kappa shape index (κ2) is 6.47. The van der Waals surface area contributed by atoms with Gasteiger partial charge < -0.3 is 0 Å². The maximum absolute atomic E-state index is 12.9. The number of aryl methyl sites for hydroxylation is 1. The monoisotopic (exact) mass is 338 g/mol. The Kier molecular flexibility index (Phi) is 4.35. The van der Waals surface area contributed by atoms with Crippen LogP contribution in [0.5, 0.6) is 0 Å². The van der Waals surface area contributed by atoms with Gasteiger partial charge in [-0.15, -0.1) is 0 Å². The Morgan fingerprint density at radius 1 is 1.20 bits per heavy atom. The van der Waals surface area contributed by atoms with Crippen LogP contribution >= 0.6 is 0 Å². The van der Waals surface area contributed by atoms with Crippen LogP contribution < -0.4 is 5.32 Å². The highest BCUT2D eigenvalue weighted by Crippen LogP contribution is 2.32. The van der Waals surface area contributed by atoms with Crippen LogP contribution in [-0.4, -0.2) is 35.1 Å². The van der Waals surface area contributed by atoms with E-state index in [1.807, 2.05) is 19.1 Å². The maximum Gasteiger partial charge on any atom is 0.261 e. The van der Waals surface area contributed by atoms with Gasteiger partial charge >= 0.3 is 0 Å². The van der Waals surface area contributed by atoms with Crippen LogP contribution in [0.25, 0.3) is 10.8 Å². The van der Waals surface area contributed by atoms with Crippen molar-refractivity contribution in [3.05, 3.63) is 47.0 Å². The van der Waals surface area contributed by atoms with Crippen molar-refractivity contribution < 1.29 is 19.2 Å². The van der Waals surface area contributed by atoms with Gasteiger partial charge in [-0.1, -0.05) is 18.2 Å². The van der Waals surface area contributed by atoms with Crippen LogP contribution in [0, 0.1) is 6.92 Å². The highest BCUT2D eigenvalue weighted by atomic mass is 16.2. The Labute approximate surface area is 144 Å². The lowest BCUT2D eigenvalue weighted by molar-refractivity contribution is -0.125. The summed E-state index contributed by atoms with van der Waals surface area (Å²) in [6.45, 7) is 3.63. The van der Waals surface area contributed by atoms with Crippen LogP contribution in [0.3, 0.4) is 0 Å². The van der Waals surface area contributed by atoms with Crippen molar-refractivity contribution in [2.45, 2.75) is 32.7 Å². The van der Waals surface area contributed by atoms with Gasteiger partial charge in [0.05, 0.1) is 0 Å². The lowest BCUT2D eigenvalue weighted by Crippen LogP contribution is -2.46. The summed E-state index contributed by atoms with van der Waals surface area (Å²) in [7, 11) is 0. The van der Waals surface area contributed by atoms with Gasteiger partial charge in [-0.05, 0) is 43.4 Å². The fourth-order valence-electron chi connectivity index (χ4n) is 3.28. The summed E-state index contributed by atoms with van der Waals surface area (Å²) in [6, 6.07) is 8.69. The molecule has 0 aromatic heterocycles. The number of hydrogen-bond donors (Lipinski definition) is 1. The Morgan fingerprint density at radius 3 is 2.64 bits per heavy atom. The van der Waals surface area contributed by atoms with E-state index in [4.69, 9.17) is 0 Å². The topological polar surface area (TPSA) is 83.6 Å². The number of amides is 4. The normalized spacial score (nSPS) is 14.6. The fraction of sp³-hybridized carbons (Fsp3) is 0.263. The Hall–Kier alpha value is -3.02. The van der Waals surface area contributed by atoms with Crippen molar-refractivity contribution >= 4 is 34.9 Å². The SMILES string of the molecule is Cc1cc2c3c(cccc3c1)C(=O)N(C(C)CCC(=O)NC=O)C2=O. The molecule has 4 amide bonds. The molecule has 128 valence electrons. The minimum Gasteiger partial charge on any atom is -0.299 e. The van der Waals surface area contributed by atoms with E-state index in [-0.39, 0.29) is 24.7 Å². The van der Waals surface area contributed by atoms with Crippen LogP contribution in [0.2, 0.25) is 0 Å². The molecular formula is C19H18N2O4. The minimum absolute atomic E-state index is 0.0574. The molecule has 0 aliphatic carbocycles. The van der Waals surface area contributed by atoms with E-state index in [0.717, 1.165) is 10.9 Å². The number of imide groups is 2. The molecule has 6 nitrogen and oxygen atoms in total. The first-order chi connectivity index (χ1) is 11.9. The summed E-state index contributed by atoms with van der Waals surface area (Å²) >= 11 is 0. The zero-order valence-electron chi connectivity index (χ0n) is 14.0. The molecule has 1 unspecified atom stereocenters. The summed E-state index contributed by atoms with van der Waals surface area (Å²) < 4.78 is 0. The van der Waals surface area contributed by atoms with E-state index >= 15 is 0 Å². The number of benzene rings is 2. The molecule has 0 bridgehead atoms. The zero-order valence-corrected chi connectivity index (χ0v) is 14.0. The molecule has 1 heterocycles. The number of hydrogen-bond acceptors (Lipinski definition) is 4. The molecule has 3 rings (SSSR count). The molecule has 1 aliphatic rings. The van der Waals surface area contributed by atoms with E-state index in [1.165, 1.54) is 4.90 Å². The quantitative estimate of drug-likeness (QED) is 0.669. The number of nitrogens with zero attached hydrogens (tertiary/aromatic N) is 1. The molecule has 2 aromatic rings. The van der Waals surface area contributed by atoms with E-state index in [0.29, 0.717) is 22.9 Å². The highest BCUT2D eigenvalue weighted by molar-refractivity contribution is 6.25. The predicted molar refractivity (Wildman–Crippen MR) is 92.1 cm³/mol. The van der Waals surface area contributed by atoms with Gasteiger partial charge in [0.25, 0.3) is 11.8 Å². The first-order valence-corrected chi connectivity index (χ1v) is 8.08. The van der Waals surface area contributed by atoms with Crippen molar-refractivity contribution in [1.29, 1.82) is 0 Å². The summed E-state index contributed by atoms with van der Waals surface area (Å²) in [5.41, 5.74) is 1.95. The lowest BCUT2D eigenvalue weighted by atomic mass is 9.91. The van der Waals surface area contributed by atoms with Crippen molar-refractivity contribution in [3.8, 4) is 0 Å². The van der Waals surface area contributed by atoms with Crippen LogP contribution in [0.1, 0.15) is 46.0 Å². The molecule has 1 N–H and O–H groups in total. The molecule has 0 spiro atoms. The molecule has 1 atom stereocenters. The highest BCUT2D eigenvalue weighted by Gasteiger charge is 2.35. The molecule has 0 radical (unpaired) electrons. The zero-order chi connectivity index (χ0) is 18.1. The van der Waals surface area contributed by atoms with Crippen LogP contribution in [-0.2, 0) is 9.59 Å². The van der Waals surface area contributed by atoms with Gasteiger partial charge in [0.1, 0.15) is 0 Å². The smallest absolute Gasteiger partial charge is 0.261 e.